The molecule has 0 aliphatic heterocycles. The Morgan fingerprint density at radius 1 is 1.44 bits per heavy atom. The first-order chi connectivity index (χ1) is 8.47. The van der Waals surface area contributed by atoms with Gasteiger partial charge in [0.2, 0.25) is 0 Å². The van der Waals surface area contributed by atoms with Crippen molar-refractivity contribution in [3.05, 3.63) is 26.7 Å². The summed E-state index contributed by atoms with van der Waals surface area (Å²) in [5.41, 5.74) is 5.74. The summed E-state index contributed by atoms with van der Waals surface area (Å²) in [5.74, 6) is 0.589. The van der Waals surface area contributed by atoms with E-state index in [9.17, 15) is 9.59 Å². The van der Waals surface area contributed by atoms with Crippen LogP contribution in [0.25, 0.3) is 11.2 Å². The monoisotopic (exact) mass is 251 g/mol. The fourth-order valence-electron chi connectivity index (χ4n) is 2.10. The van der Waals surface area contributed by atoms with Crippen molar-refractivity contribution >= 4 is 11.2 Å². The highest BCUT2D eigenvalue weighted by Gasteiger charge is 2.17. The molecular weight excluding hydrogens is 234 g/mol. The van der Waals surface area contributed by atoms with Gasteiger partial charge in [-0.25, -0.2) is 9.78 Å². The van der Waals surface area contributed by atoms with Crippen LogP contribution in [-0.2, 0) is 13.6 Å². The number of nitrogens with two attached hydrogens (primary N) is 1. The lowest BCUT2D eigenvalue weighted by Crippen LogP contribution is -2.30. The Balaban J connectivity index is 2.91. The van der Waals surface area contributed by atoms with Crippen molar-refractivity contribution in [2.75, 3.05) is 0 Å². The average molecular weight is 251 g/mol. The van der Waals surface area contributed by atoms with E-state index < -0.39 is 11.2 Å². The summed E-state index contributed by atoms with van der Waals surface area (Å²) in [4.78, 5) is 30.2. The summed E-state index contributed by atoms with van der Waals surface area (Å²) in [5, 5.41) is 0. The minimum Gasteiger partial charge on any atom is -0.324 e. The lowest BCUT2D eigenvalue weighted by Gasteiger charge is -2.04. The first kappa shape index (κ1) is 12.6. The largest absolute Gasteiger partial charge is 0.330 e. The van der Waals surface area contributed by atoms with Crippen LogP contribution in [0.1, 0.15) is 32.1 Å². The van der Waals surface area contributed by atoms with E-state index in [2.05, 4.69) is 9.97 Å². The molecule has 2 aromatic heterocycles. The van der Waals surface area contributed by atoms with Crippen LogP contribution < -0.4 is 17.0 Å². The second-order valence-electron chi connectivity index (χ2n) is 4.40. The molecule has 1 unspecified atom stereocenters. The van der Waals surface area contributed by atoms with Gasteiger partial charge in [-0.15, -0.1) is 0 Å². The Labute approximate surface area is 103 Å². The highest BCUT2D eigenvalue weighted by molar-refractivity contribution is 5.70. The van der Waals surface area contributed by atoms with Crippen LogP contribution in [0.4, 0.5) is 0 Å². The van der Waals surface area contributed by atoms with Crippen molar-refractivity contribution in [2.45, 2.75) is 32.9 Å². The van der Waals surface area contributed by atoms with Crippen LogP contribution in [-0.4, -0.2) is 19.1 Å². The molecule has 1 atom stereocenters. The maximum absolute atomic E-state index is 11.8. The predicted octanol–water partition coefficient (Wildman–Crippen LogP) is -0.147. The van der Waals surface area contributed by atoms with E-state index in [1.807, 2.05) is 6.92 Å². The van der Waals surface area contributed by atoms with E-state index in [4.69, 9.17) is 5.73 Å². The maximum Gasteiger partial charge on any atom is 0.330 e. The third-order valence-electron chi connectivity index (χ3n) is 2.90. The molecule has 2 heterocycles. The molecule has 0 spiro atoms. The van der Waals surface area contributed by atoms with Crippen molar-refractivity contribution in [3.8, 4) is 0 Å². The Kier molecular flexibility index (Phi) is 3.08. The number of nitrogens with zero attached hydrogens (tertiary/aromatic N) is 3. The highest BCUT2D eigenvalue weighted by atomic mass is 16.2. The van der Waals surface area contributed by atoms with Gasteiger partial charge in [0, 0.05) is 13.6 Å². The van der Waals surface area contributed by atoms with Crippen LogP contribution in [0.3, 0.4) is 0 Å². The van der Waals surface area contributed by atoms with E-state index in [-0.39, 0.29) is 6.04 Å². The van der Waals surface area contributed by atoms with E-state index in [0.717, 1.165) is 6.42 Å². The van der Waals surface area contributed by atoms with Gasteiger partial charge in [-0.1, -0.05) is 6.92 Å². The average Bonchev–Trinajstić information content (AvgIpc) is 2.62. The minimum absolute atomic E-state index is 0.299. The topological polar surface area (TPSA) is 98.7 Å². The third kappa shape index (κ3) is 1.76. The molecule has 18 heavy (non-hydrogen) atoms. The zero-order valence-electron chi connectivity index (χ0n) is 10.7. The van der Waals surface area contributed by atoms with Gasteiger partial charge in [-0.3, -0.25) is 14.3 Å². The van der Waals surface area contributed by atoms with Crippen molar-refractivity contribution in [1.29, 1.82) is 0 Å². The van der Waals surface area contributed by atoms with Gasteiger partial charge in [-0.2, -0.15) is 0 Å². The van der Waals surface area contributed by atoms with Gasteiger partial charge >= 0.3 is 5.69 Å². The Morgan fingerprint density at radius 3 is 2.67 bits per heavy atom. The summed E-state index contributed by atoms with van der Waals surface area (Å²) in [6.45, 7) is 4.26. The number of H-pyrrole nitrogens is 1. The van der Waals surface area contributed by atoms with E-state index >= 15 is 0 Å². The van der Waals surface area contributed by atoms with Gasteiger partial charge < -0.3 is 10.3 Å². The third-order valence-corrected chi connectivity index (χ3v) is 2.90. The number of imidazole rings is 1. The lowest BCUT2D eigenvalue weighted by molar-refractivity contribution is 0.650. The molecule has 0 amide bonds. The van der Waals surface area contributed by atoms with Gasteiger partial charge in [-0.05, 0) is 13.3 Å². The molecule has 3 N–H and O–H groups in total. The number of nitrogens with one attached hydrogen (secondary N) is 1. The zero-order valence-corrected chi connectivity index (χ0v) is 10.7. The summed E-state index contributed by atoms with van der Waals surface area (Å²) < 4.78 is 3.12. The smallest absolute Gasteiger partial charge is 0.324 e. The molecule has 0 aliphatic carbocycles. The van der Waals surface area contributed by atoms with E-state index in [1.54, 1.807) is 18.5 Å². The molecule has 0 saturated heterocycles. The zero-order chi connectivity index (χ0) is 13.4. The van der Waals surface area contributed by atoms with Crippen LogP contribution >= 0.6 is 0 Å². The van der Waals surface area contributed by atoms with E-state index in [1.165, 1.54) is 4.57 Å². The quantitative estimate of drug-likeness (QED) is 0.792. The lowest BCUT2D eigenvalue weighted by atomic mass is 10.3. The first-order valence-electron chi connectivity index (χ1n) is 5.92. The van der Waals surface area contributed by atoms with Crippen molar-refractivity contribution in [3.63, 3.8) is 0 Å². The number of aromatic amines is 1. The van der Waals surface area contributed by atoms with Gasteiger partial charge in [0.05, 0.1) is 6.04 Å². The maximum atomic E-state index is 11.8. The number of hydrogen-bond acceptors (Lipinski definition) is 4. The van der Waals surface area contributed by atoms with Crippen molar-refractivity contribution < 1.29 is 0 Å². The van der Waals surface area contributed by atoms with Gasteiger partial charge in [0.25, 0.3) is 5.56 Å². The Bertz CT molecular complexity index is 692. The molecule has 98 valence electrons. The molecule has 0 fully saturated rings. The molecule has 0 radical (unpaired) electrons. The molecule has 0 saturated carbocycles. The van der Waals surface area contributed by atoms with Crippen LogP contribution in [0.2, 0.25) is 0 Å². The molecule has 0 bridgehead atoms. The molecule has 2 aromatic rings. The van der Waals surface area contributed by atoms with Gasteiger partial charge in [0.15, 0.2) is 11.2 Å². The van der Waals surface area contributed by atoms with Crippen LogP contribution in [0, 0.1) is 0 Å². The minimum atomic E-state index is -0.427. The number of aryl methyl sites for hydroxylation is 2. The second-order valence-corrected chi connectivity index (χ2v) is 4.40. The fraction of sp³-hybridized carbons (Fsp3) is 0.545. The molecule has 2 rings (SSSR count). The summed E-state index contributed by atoms with van der Waals surface area (Å²) in [6.07, 6.45) is 0.783. The first-order valence-corrected chi connectivity index (χ1v) is 5.92. The molecular formula is C11H17N5O2. The second kappa shape index (κ2) is 4.41. The van der Waals surface area contributed by atoms with Crippen LogP contribution in [0.15, 0.2) is 9.59 Å². The Morgan fingerprint density at radius 2 is 2.11 bits per heavy atom. The van der Waals surface area contributed by atoms with Crippen molar-refractivity contribution in [1.82, 2.24) is 19.1 Å². The Hall–Kier alpha value is -1.89. The molecule has 0 aromatic carbocycles. The number of rotatable bonds is 3. The number of aromatic nitrogens is 4. The SMILES string of the molecule is CCCn1c(=O)[nH]c(=O)c2c1nc(C(C)N)n2C. The summed E-state index contributed by atoms with van der Waals surface area (Å²) in [7, 11) is 1.73. The number of fused-ring (bicyclic) bond motifs is 1. The highest BCUT2D eigenvalue weighted by Crippen LogP contribution is 2.14. The van der Waals surface area contributed by atoms with Gasteiger partial charge in [0.1, 0.15) is 5.82 Å². The summed E-state index contributed by atoms with van der Waals surface area (Å²) in [6, 6.07) is -0.299. The summed E-state index contributed by atoms with van der Waals surface area (Å²) >= 11 is 0. The predicted molar refractivity (Wildman–Crippen MR) is 68.5 cm³/mol. The molecule has 7 nitrogen and oxygen atoms in total. The molecule has 7 heteroatoms. The fourth-order valence-corrected chi connectivity index (χ4v) is 2.10. The number of hydrogen-bond donors (Lipinski definition) is 2. The van der Waals surface area contributed by atoms with E-state index in [0.29, 0.717) is 23.5 Å². The normalized spacial score (nSPS) is 13.1. The van der Waals surface area contributed by atoms with Crippen molar-refractivity contribution in [2.24, 2.45) is 12.8 Å². The molecule has 0 aliphatic rings. The standard InChI is InChI=1S/C11H17N5O2/c1-4-5-16-9-7(10(17)14-11(16)18)15(3)8(13-9)6(2)12/h6H,4-5,12H2,1-3H3,(H,14,17,18). The van der Waals surface area contributed by atoms with Crippen LogP contribution in [0.5, 0.6) is 0 Å².